The Morgan fingerprint density at radius 3 is 2.53 bits per heavy atom. The molecule has 3 N–H and O–H groups in total. The minimum absolute atomic E-state index is 0.0148. The van der Waals surface area contributed by atoms with Crippen LogP contribution in [-0.4, -0.2) is 34.6 Å². The van der Waals surface area contributed by atoms with Crippen molar-refractivity contribution < 1.29 is 14.7 Å². The predicted molar refractivity (Wildman–Crippen MR) is 119 cm³/mol. The monoisotopic (exact) mass is 405 g/mol. The molecular weight excluding hydrogens is 378 g/mol. The van der Waals surface area contributed by atoms with E-state index in [-0.39, 0.29) is 18.2 Å². The summed E-state index contributed by atoms with van der Waals surface area (Å²) in [7, 11) is 0. The Balaban J connectivity index is 1.96. The van der Waals surface area contributed by atoms with Gasteiger partial charge in [-0.15, -0.1) is 0 Å². The van der Waals surface area contributed by atoms with Crippen molar-refractivity contribution in [2.24, 2.45) is 0 Å². The van der Waals surface area contributed by atoms with Crippen LogP contribution in [0.2, 0.25) is 0 Å². The minimum atomic E-state index is -0.391. The molecule has 0 spiro atoms. The van der Waals surface area contributed by atoms with Crippen LogP contribution < -0.4 is 10.6 Å². The zero-order valence-electron chi connectivity index (χ0n) is 17.3. The zero-order valence-corrected chi connectivity index (χ0v) is 17.3. The summed E-state index contributed by atoms with van der Waals surface area (Å²) in [4.78, 5) is 25.5. The fraction of sp³-hybridized carbons (Fsp3) is 0.250. The van der Waals surface area contributed by atoms with E-state index >= 15 is 0 Å². The Kier molecular flexibility index (Phi) is 7.03. The molecule has 0 saturated carbocycles. The van der Waals surface area contributed by atoms with E-state index < -0.39 is 5.91 Å². The van der Waals surface area contributed by atoms with Gasteiger partial charge in [-0.25, -0.2) is 0 Å². The number of aliphatic hydroxyl groups excluding tert-OH is 1. The van der Waals surface area contributed by atoms with Gasteiger partial charge in [0.2, 0.25) is 0 Å². The van der Waals surface area contributed by atoms with Gasteiger partial charge in [-0.3, -0.25) is 9.59 Å². The highest BCUT2D eigenvalue weighted by Gasteiger charge is 2.16. The van der Waals surface area contributed by atoms with Crippen LogP contribution in [0.4, 0.5) is 0 Å². The Morgan fingerprint density at radius 2 is 1.83 bits per heavy atom. The maximum atomic E-state index is 12.8. The van der Waals surface area contributed by atoms with Crippen molar-refractivity contribution in [3.05, 3.63) is 77.1 Å². The molecule has 156 valence electrons. The number of aliphatic hydroxyl groups is 1. The SMILES string of the molecule is CCn1cc(C=C(NC(=O)c2ccc(C)cc2)C(=O)NCCCO)c2ccccc21. The smallest absolute Gasteiger partial charge is 0.267 e. The Hall–Kier alpha value is -3.38. The fourth-order valence-electron chi connectivity index (χ4n) is 3.24. The number of aromatic nitrogens is 1. The number of para-hydroxylation sites is 1. The summed E-state index contributed by atoms with van der Waals surface area (Å²) >= 11 is 0. The molecule has 0 radical (unpaired) electrons. The van der Waals surface area contributed by atoms with Crippen LogP contribution in [0.5, 0.6) is 0 Å². The molecular formula is C24H27N3O3. The van der Waals surface area contributed by atoms with Crippen LogP contribution in [0.3, 0.4) is 0 Å². The van der Waals surface area contributed by atoms with Crippen molar-refractivity contribution in [3.8, 4) is 0 Å². The first-order valence-corrected chi connectivity index (χ1v) is 10.1. The molecule has 0 aliphatic carbocycles. The molecule has 0 bridgehead atoms. The lowest BCUT2D eigenvalue weighted by atomic mass is 10.1. The zero-order chi connectivity index (χ0) is 21.5. The number of carbonyl (C=O) groups excluding carboxylic acids is 2. The maximum absolute atomic E-state index is 12.8. The maximum Gasteiger partial charge on any atom is 0.267 e. The Bertz CT molecular complexity index is 1060. The van der Waals surface area contributed by atoms with Gasteiger partial charge in [0.05, 0.1) is 0 Å². The van der Waals surface area contributed by atoms with Gasteiger partial charge in [-0.1, -0.05) is 35.9 Å². The van der Waals surface area contributed by atoms with Crippen LogP contribution >= 0.6 is 0 Å². The highest BCUT2D eigenvalue weighted by molar-refractivity contribution is 6.06. The van der Waals surface area contributed by atoms with Crippen LogP contribution in [-0.2, 0) is 11.3 Å². The molecule has 0 unspecified atom stereocenters. The average molecular weight is 405 g/mol. The Labute approximate surface area is 176 Å². The third-order valence-corrected chi connectivity index (χ3v) is 4.89. The van der Waals surface area contributed by atoms with Crippen molar-refractivity contribution >= 4 is 28.8 Å². The van der Waals surface area contributed by atoms with Gasteiger partial charge in [-0.2, -0.15) is 0 Å². The second-order valence-electron chi connectivity index (χ2n) is 7.10. The third kappa shape index (κ3) is 4.96. The molecule has 6 heteroatoms. The molecule has 3 rings (SSSR count). The van der Waals surface area contributed by atoms with Crippen molar-refractivity contribution in [3.63, 3.8) is 0 Å². The van der Waals surface area contributed by atoms with Crippen molar-refractivity contribution in [1.29, 1.82) is 0 Å². The topological polar surface area (TPSA) is 83.4 Å². The number of rotatable bonds is 8. The minimum Gasteiger partial charge on any atom is -0.396 e. The molecule has 3 aromatic rings. The van der Waals surface area contributed by atoms with Gasteiger partial charge in [0.25, 0.3) is 11.8 Å². The number of hydrogen-bond donors (Lipinski definition) is 3. The summed E-state index contributed by atoms with van der Waals surface area (Å²) in [5.74, 6) is -0.741. The van der Waals surface area contributed by atoms with Crippen molar-refractivity contribution in [2.75, 3.05) is 13.2 Å². The molecule has 0 fully saturated rings. The van der Waals surface area contributed by atoms with Gasteiger partial charge >= 0.3 is 0 Å². The highest BCUT2D eigenvalue weighted by atomic mass is 16.3. The normalized spacial score (nSPS) is 11.5. The number of aryl methyl sites for hydroxylation is 2. The number of hydrogen-bond acceptors (Lipinski definition) is 3. The largest absolute Gasteiger partial charge is 0.396 e. The molecule has 1 heterocycles. The first kappa shape index (κ1) is 21.3. The molecule has 1 aromatic heterocycles. The number of carbonyl (C=O) groups is 2. The quantitative estimate of drug-likeness (QED) is 0.397. The van der Waals surface area contributed by atoms with E-state index in [4.69, 9.17) is 5.11 Å². The van der Waals surface area contributed by atoms with E-state index in [9.17, 15) is 9.59 Å². The average Bonchev–Trinajstić information content (AvgIpc) is 3.11. The second-order valence-corrected chi connectivity index (χ2v) is 7.10. The van der Waals surface area contributed by atoms with Crippen LogP contribution in [0.15, 0.2) is 60.4 Å². The Morgan fingerprint density at radius 1 is 1.10 bits per heavy atom. The number of fused-ring (bicyclic) bond motifs is 1. The van der Waals surface area contributed by atoms with E-state index in [0.717, 1.165) is 28.6 Å². The summed E-state index contributed by atoms with van der Waals surface area (Å²) < 4.78 is 2.10. The van der Waals surface area contributed by atoms with E-state index in [1.807, 2.05) is 49.5 Å². The lowest BCUT2D eigenvalue weighted by molar-refractivity contribution is -0.117. The summed E-state index contributed by atoms with van der Waals surface area (Å²) in [6.45, 7) is 5.11. The van der Waals surface area contributed by atoms with Gasteiger partial charge in [0.15, 0.2) is 0 Å². The van der Waals surface area contributed by atoms with Gasteiger partial charge in [-0.05, 0) is 44.5 Å². The van der Waals surface area contributed by atoms with Gasteiger partial charge in [0, 0.05) is 47.9 Å². The van der Waals surface area contributed by atoms with Crippen molar-refractivity contribution in [1.82, 2.24) is 15.2 Å². The number of nitrogens with zero attached hydrogens (tertiary/aromatic N) is 1. The van der Waals surface area contributed by atoms with Gasteiger partial charge < -0.3 is 20.3 Å². The summed E-state index contributed by atoms with van der Waals surface area (Å²) in [6.07, 6.45) is 4.12. The summed E-state index contributed by atoms with van der Waals surface area (Å²) in [5.41, 5.74) is 3.61. The molecule has 0 saturated heterocycles. The summed E-state index contributed by atoms with van der Waals surface area (Å²) in [5, 5.41) is 15.5. The van der Waals surface area contributed by atoms with Crippen LogP contribution in [0, 0.1) is 6.92 Å². The second kappa shape index (κ2) is 9.89. The molecule has 0 aliphatic rings. The summed E-state index contributed by atoms with van der Waals surface area (Å²) in [6, 6.07) is 15.1. The molecule has 2 amide bonds. The predicted octanol–water partition coefficient (Wildman–Crippen LogP) is 3.24. The first-order chi connectivity index (χ1) is 14.5. The molecule has 2 aromatic carbocycles. The van der Waals surface area contributed by atoms with E-state index in [2.05, 4.69) is 22.1 Å². The molecule has 0 atom stereocenters. The van der Waals surface area contributed by atoms with Crippen molar-refractivity contribution in [2.45, 2.75) is 26.8 Å². The molecule has 30 heavy (non-hydrogen) atoms. The molecule has 6 nitrogen and oxygen atoms in total. The lowest BCUT2D eigenvalue weighted by Crippen LogP contribution is -2.35. The number of benzene rings is 2. The van der Waals surface area contributed by atoms with Crippen LogP contribution in [0.25, 0.3) is 17.0 Å². The number of nitrogens with one attached hydrogen (secondary N) is 2. The van der Waals surface area contributed by atoms with E-state index in [1.54, 1.807) is 18.2 Å². The molecule has 0 aliphatic heterocycles. The fourth-order valence-corrected chi connectivity index (χ4v) is 3.24. The highest BCUT2D eigenvalue weighted by Crippen LogP contribution is 2.23. The van der Waals surface area contributed by atoms with E-state index in [0.29, 0.717) is 18.5 Å². The first-order valence-electron chi connectivity index (χ1n) is 10.1. The lowest BCUT2D eigenvalue weighted by Gasteiger charge is -2.11. The number of amides is 2. The standard InChI is InChI=1S/C24H27N3O3/c1-3-27-16-19(20-7-4-5-8-22(20)27)15-21(24(30)25-13-6-14-28)26-23(29)18-11-9-17(2)10-12-18/h4-5,7-12,15-16,28H,3,6,13-14H2,1-2H3,(H,25,30)(H,26,29). The van der Waals surface area contributed by atoms with Crippen LogP contribution in [0.1, 0.15) is 34.8 Å². The third-order valence-electron chi connectivity index (χ3n) is 4.89. The van der Waals surface area contributed by atoms with Gasteiger partial charge in [0.1, 0.15) is 5.70 Å². The van der Waals surface area contributed by atoms with E-state index in [1.165, 1.54) is 0 Å².